The number of rotatable bonds is 3. The molecule has 0 saturated carbocycles. The van der Waals surface area contributed by atoms with Gasteiger partial charge in [-0.15, -0.1) is 23.7 Å². The van der Waals surface area contributed by atoms with Gasteiger partial charge in [-0.05, 0) is 75.2 Å². The SMILES string of the molecule is CN(Cc1n[nH]c2c1CCCC2)C(=O)c1cc2c(s1)C1(CCNCC1)OCC2.Cl. The van der Waals surface area contributed by atoms with Gasteiger partial charge in [0.1, 0.15) is 5.60 Å². The smallest absolute Gasteiger partial charge is 0.264 e. The highest BCUT2D eigenvalue weighted by atomic mass is 35.5. The first kappa shape index (κ1) is 20.8. The molecule has 2 aromatic rings. The number of nitrogens with one attached hydrogen (secondary N) is 2. The molecule has 0 radical (unpaired) electrons. The predicted octanol–water partition coefficient (Wildman–Crippen LogP) is 3.20. The lowest BCUT2D eigenvalue weighted by Gasteiger charge is -2.40. The fourth-order valence-electron chi connectivity index (χ4n) is 4.89. The molecule has 0 aromatic carbocycles. The number of fused-ring (bicyclic) bond motifs is 3. The number of hydrogen-bond donors (Lipinski definition) is 2. The normalized spacial score (nSPS) is 19.9. The number of carbonyl (C=O) groups excluding carboxylic acids is 1. The van der Waals surface area contributed by atoms with Crippen LogP contribution in [0.3, 0.4) is 0 Å². The van der Waals surface area contributed by atoms with Crippen LogP contribution < -0.4 is 5.32 Å². The summed E-state index contributed by atoms with van der Waals surface area (Å²) in [6.07, 6.45) is 7.48. The van der Waals surface area contributed by atoms with E-state index < -0.39 is 0 Å². The number of thiophene rings is 1. The van der Waals surface area contributed by atoms with E-state index in [1.165, 1.54) is 34.5 Å². The highest BCUT2D eigenvalue weighted by Crippen LogP contribution is 2.44. The maximum absolute atomic E-state index is 13.2. The molecule has 4 heterocycles. The van der Waals surface area contributed by atoms with Gasteiger partial charge < -0.3 is 15.0 Å². The van der Waals surface area contributed by atoms with Crippen molar-refractivity contribution in [2.75, 3.05) is 26.7 Å². The minimum Gasteiger partial charge on any atom is -0.369 e. The number of nitrogens with zero attached hydrogens (tertiary/aromatic N) is 2. The highest BCUT2D eigenvalue weighted by Gasteiger charge is 2.41. The van der Waals surface area contributed by atoms with E-state index in [-0.39, 0.29) is 23.9 Å². The van der Waals surface area contributed by atoms with Gasteiger partial charge in [0.2, 0.25) is 0 Å². The van der Waals surface area contributed by atoms with Gasteiger partial charge >= 0.3 is 0 Å². The van der Waals surface area contributed by atoms with Gasteiger partial charge in [-0.3, -0.25) is 9.89 Å². The van der Waals surface area contributed by atoms with E-state index in [9.17, 15) is 4.79 Å². The molecule has 2 N–H and O–H groups in total. The second kappa shape index (κ2) is 8.38. The molecule has 5 rings (SSSR count). The molecule has 3 aliphatic rings. The van der Waals surface area contributed by atoms with Crippen LogP contribution in [-0.4, -0.2) is 47.7 Å². The fourth-order valence-corrected chi connectivity index (χ4v) is 6.30. The number of piperidine rings is 1. The quantitative estimate of drug-likeness (QED) is 0.775. The van der Waals surface area contributed by atoms with Crippen molar-refractivity contribution in [1.29, 1.82) is 0 Å². The zero-order valence-electron chi connectivity index (χ0n) is 16.9. The second-order valence-electron chi connectivity index (χ2n) is 8.30. The molecule has 1 fully saturated rings. The Morgan fingerprint density at radius 2 is 2.07 bits per heavy atom. The van der Waals surface area contributed by atoms with Crippen molar-refractivity contribution in [1.82, 2.24) is 20.4 Å². The molecule has 2 aromatic heterocycles. The number of halogens is 1. The van der Waals surface area contributed by atoms with Crippen molar-refractivity contribution in [3.05, 3.63) is 38.3 Å². The van der Waals surface area contributed by atoms with Crippen LogP contribution in [0.15, 0.2) is 6.07 Å². The van der Waals surface area contributed by atoms with Gasteiger partial charge in [-0.2, -0.15) is 5.10 Å². The molecule has 6 nitrogen and oxygen atoms in total. The molecule has 0 unspecified atom stereocenters. The van der Waals surface area contributed by atoms with E-state index in [2.05, 4.69) is 21.6 Å². The lowest BCUT2D eigenvalue weighted by Crippen LogP contribution is -2.43. The lowest BCUT2D eigenvalue weighted by atomic mass is 9.86. The summed E-state index contributed by atoms with van der Waals surface area (Å²) in [6, 6.07) is 2.12. The van der Waals surface area contributed by atoms with E-state index >= 15 is 0 Å². The molecule has 0 bridgehead atoms. The molecule has 1 amide bonds. The molecular weight excluding hydrogens is 408 g/mol. The summed E-state index contributed by atoms with van der Waals surface area (Å²) in [6.45, 7) is 3.28. The Hall–Kier alpha value is -1.41. The minimum absolute atomic E-state index is 0. The maximum Gasteiger partial charge on any atom is 0.264 e. The average molecular weight is 437 g/mol. The number of amides is 1. The van der Waals surface area contributed by atoms with E-state index in [0.717, 1.165) is 62.4 Å². The van der Waals surface area contributed by atoms with Gasteiger partial charge in [-0.25, -0.2) is 0 Å². The third-order valence-corrected chi connectivity index (χ3v) is 7.82. The number of aryl methyl sites for hydroxylation is 1. The Balaban J connectivity index is 0.00000205. The van der Waals surface area contributed by atoms with Gasteiger partial charge in [0.25, 0.3) is 5.91 Å². The van der Waals surface area contributed by atoms with E-state index in [1.807, 2.05) is 11.9 Å². The molecule has 158 valence electrons. The third-order valence-electron chi connectivity index (χ3n) is 6.47. The predicted molar refractivity (Wildman–Crippen MR) is 116 cm³/mol. The zero-order chi connectivity index (χ0) is 19.1. The number of carbonyl (C=O) groups is 1. The largest absolute Gasteiger partial charge is 0.369 e. The molecular formula is C21H29ClN4O2S. The Bertz CT molecular complexity index is 887. The lowest BCUT2D eigenvalue weighted by molar-refractivity contribution is -0.0771. The first-order valence-corrected chi connectivity index (χ1v) is 11.3. The molecule has 1 saturated heterocycles. The molecule has 0 atom stereocenters. The average Bonchev–Trinajstić information content (AvgIpc) is 3.34. The Kier molecular flexibility index (Phi) is 6.02. The molecule has 1 aliphatic carbocycles. The summed E-state index contributed by atoms with van der Waals surface area (Å²) in [5, 5.41) is 11.1. The topological polar surface area (TPSA) is 70.2 Å². The van der Waals surface area contributed by atoms with Crippen LogP contribution in [0.25, 0.3) is 0 Å². The van der Waals surface area contributed by atoms with Crippen LogP contribution in [0.2, 0.25) is 0 Å². The number of aromatic nitrogens is 2. The van der Waals surface area contributed by atoms with Crippen molar-refractivity contribution in [2.24, 2.45) is 0 Å². The summed E-state index contributed by atoms with van der Waals surface area (Å²) in [4.78, 5) is 17.1. The van der Waals surface area contributed by atoms with Crippen LogP contribution in [-0.2, 0) is 36.1 Å². The fraction of sp³-hybridized carbons (Fsp3) is 0.619. The number of H-pyrrole nitrogens is 1. The first-order valence-electron chi connectivity index (χ1n) is 10.4. The van der Waals surface area contributed by atoms with Crippen molar-refractivity contribution in [3.63, 3.8) is 0 Å². The standard InChI is InChI=1S/C21H28N4O2S.ClH/c1-25(13-17-15-4-2-3-5-16(15)23-24-17)20(26)18-12-14-6-11-27-21(19(14)28-18)7-9-22-10-8-21;/h12,22H,2-11,13H2,1H3,(H,23,24);1H. The van der Waals surface area contributed by atoms with Crippen LogP contribution >= 0.6 is 23.7 Å². The molecule has 8 heteroatoms. The zero-order valence-corrected chi connectivity index (χ0v) is 18.5. The minimum atomic E-state index is -0.179. The van der Waals surface area contributed by atoms with Gasteiger partial charge in [-0.1, -0.05) is 0 Å². The Morgan fingerprint density at radius 3 is 2.90 bits per heavy atom. The molecule has 2 aliphatic heterocycles. The van der Waals surface area contributed by atoms with Crippen molar-refractivity contribution < 1.29 is 9.53 Å². The van der Waals surface area contributed by atoms with Crippen molar-refractivity contribution in [3.8, 4) is 0 Å². The summed E-state index contributed by atoms with van der Waals surface area (Å²) >= 11 is 1.65. The van der Waals surface area contributed by atoms with Crippen LogP contribution in [0, 0.1) is 0 Å². The van der Waals surface area contributed by atoms with Gasteiger partial charge in [0, 0.05) is 17.6 Å². The summed E-state index contributed by atoms with van der Waals surface area (Å²) < 4.78 is 6.27. The van der Waals surface area contributed by atoms with Crippen molar-refractivity contribution >= 4 is 29.7 Å². The Morgan fingerprint density at radius 1 is 1.28 bits per heavy atom. The van der Waals surface area contributed by atoms with Crippen molar-refractivity contribution in [2.45, 2.75) is 57.1 Å². The van der Waals surface area contributed by atoms with Gasteiger partial charge in [0.15, 0.2) is 0 Å². The van der Waals surface area contributed by atoms with E-state index in [1.54, 1.807) is 11.3 Å². The van der Waals surface area contributed by atoms with Crippen LogP contribution in [0.5, 0.6) is 0 Å². The maximum atomic E-state index is 13.2. The number of ether oxygens (including phenoxy) is 1. The summed E-state index contributed by atoms with van der Waals surface area (Å²) in [7, 11) is 1.89. The second-order valence-corrected chi connectivity index (χ2v) is 9.36. The molecule has 29 heavy (non-hydrogen) atoms. The monoisotopic (exact) mass is 436 g/mol. The third kappa shape index (κ3) is 3.74. The number of hydrogen-bond acceptors (Lipinski definition) is 5. The van der Waals surface area contributed by atoms with Crippen LogP contribution in [0.4, 0.5) is 0 Å². The first-order chi connectivity index (χ1) is 13.7. The highest BCUT2D eigenvalue weighted by molar-refractivity contribution is 7.14. The summed E-state index contributed by atoms with van der Waals surface area (Å²) in [5.74, 6) is 0.0936. The number of aromatic amines is 1. The van der Waals surface area contributed by atoms with Gasteiger partial charge in [0.05, 0.1) is 23.7 Å². The Labute approximate surface area is 181 Å². The van der Waals surface area contributed by atoms with Crippen LogP contribution in [0.1, 0.15) is 62.7 Å². The molecule has 1 spiro atoms. The van der Waals surface area contributed by atoms with E-state index in [0.29, 0.717) is 6.54 Å². The summed E-state index contributed by atoms with van der Waals surface area (Å²) in [5.41, 5.74) is 4.76. The van der Waals surface area contributed by atoms with E-state index in [4.69, 9.17) is 4.74 Å².